The van der Waals surface area contributed by atoms with Crippen LogP contribution in [-0.4, -0.2) is 18.4 Å². The fraction of sp³-hybridized carbons (Fsp3) is 0.235. The van der Waals surface area contributed by atoms with Crippen molar-refractivity contribution < 1.29 is 27.4 Å². The van der Waals surface area contributed by atoms with Crippen molar-refractivity contribution in [1.82, 2.24) is 0 Å². The summed E-state index contributed by atoms with van der Waals surface area (Å²) >= 11 is 0. The number of hydrogen-bond donors (Lipinski definition) is 0. The number of carbonyl (C=O) groups is 1. The average Bonchev–Trinajstić information content (AvgIpc) is 2.64. The Balaban J connectivity index is 1.88. The molecule has 1 aliphatic heterocycles. The van der Waals surface area contributed by atoms with Gasteiger partial charge in [-0.1, -0.05) is 18.2 Å². The minimum atomic E-state index is -4.75. The third kappa shape index (κ3) is 3.45. The van der Waals surface area contributed by atoms with Crippen LogP contribution < -0.4 is 14.4 Å². The van der Waals surface area contributed by atoms with Crippen molar-refractivity contribution >= 4 is 11.6 Å². The molecule has 24 heavy (non-hydrogen) atoms. The quantitative estimate of drug-likeness (QED) is 0.834. The molecule has 2 aromatic rings. The SMILES string of the molecule is C[C@@H]1Oc2ccccc2CN(c2ccc(OC(F)(F)F)cc2)C1=O. The highest BCUT2D eigenvalue weighted by Gasteiger charge is 2.32. The Morgan fingerprint density at radius 2 is 1.79 bits per heavy atom. The van der Waals surface area contributed by atoms with Gasteiger partial charge >= 0.3 is 6.36 Å². The molecule has 0 radical (unpaired) electrons. The smallest absolute Gasteiger partial charge is 0.481 e. The van der Waals surface area contributed by atoms with Crippen molar-refractivity contribution in [3.8, 4) is 11.5 Å². The second kappa shape index (κ2) is 6.07. The van der Waals surface area contributed by atoms with Gasteiger partial charge in [0.25, 0.3) is 5.91 Å². The van der Waals surface area contributed by atoms with Crippen LogP contribution in [0.4, 0.5) is 18.9 Å². The van der Waals surface area contributed by atoms with Gasteiger partial charge < -0.3 is 14.4 Å². The predicted molar refractivity (Wildman–Crippen MR) is 80.8 cm³/mol. The molecule has 0 fully saturated rings. The van der Waals surface area contributed by atoms with Crippen molar-refractivity contribution in [3.63, 3.8) is 0 Å². The third-order valence-corrected chi connectivity index (χ3v) is 3.60. The van der Waals surface area contributed by atoms with Crippen molar-refractivity contribution in [3.05, 3.63) is 54.1 Å². The first kappa shape index (κ1) is 16.2. The summed E-state index contributed by atoms with van der Waals surface area (Å²) in [4.78, 5) is 14.0. The maximum atomic E-state index is 12.5. The maximum Gasteiger partial charge on any atom is 0.573 e. The van der Waals surface area contributed by atoms with Gasteiger partial charge in [-0.2, -0.15) is 0 Å². The molecule has 0 aromatic heterocycles. The van der Waals surface area contributed by atoms with Crippen LogP contribution in [0.3, 0.4) is 0 Å². The Labute approximate surface area is 136 Å². The van der Waals surface area contributed by atoms with Crippen molar-refractivity contribution in [1.29, 1.82) is 0 Å². The molecule has 0 N–H and O–H groups in total. The van der Waals surface area contributed by atoms with E-state index in [1.807, 2.05) is 18.2 Å². The molecule has 1 atom stereocenters. The molecule has 1 amide bonds. The van der Waals surface area contributed by atoms with Gasteiger partial charge in [-0.25, -0.2) is 0 Å². The van der Waals surface area contributed by atoms with Crippen LogP contribution in [0.25, 0.3) is 0 Å². The zero-order chi connectivity index (χ0) is 17.3. The molecule has 1 heterocycles. The first-order valence-corrected chi connectivity index (χ1v) is 7.25. The Kier molecular flexibility index (Phi) is 4.09. The van der Waals surface area contributed by atoms with Gasteiger partial charge in [0.15, 0.2) is 6.10 Å². The van der Waals surface area contributed by atoms with E-state index >= 15 is 0 Å². The van der Waals surface area contributed by atoms with Crippen LogP contribution in [0.1, 0.15) is 12.5 Å². The number of halogens is 3. The van der Waals surface area contributed by atoms with Crippen LogP contribution >= 0.6 is 0 Å². The Morgan fingerprint density at radius 1 is 1.12 bits per heavy atom. The summed E-state index contributed by atoms with van der Waals surface area (Å²) in [5, 5.41) is 0. The molecular weight excluding hydrogens is 323 g/mol. The molecule has 0 spiro atoms. The van der Waals surface area contributed by atoms with E-state index in [0.29, 0.717) is 11.4 Å². The number of benzene rings is 2. The zero-order valence-electron chi connectivity index (χ0n) is 12.7. The van der Waals surface area contributed by atoms with Gasteiger partial charge in [0, 0.05) is 11.3 Å². The number of carbonyl (C=O) groups excluding carboxylic acids is 1. The van der Waals surface area contributed by atoms with Gasteiger partial charge in [0.2, 0.25) is 0 Å². The summed E-state index contributed by atoms with van der Waals surface area (Å²) in [6.45, 7) is 1.91. The predicted octanol–water partition coefficient (Wildman–Crippen LogP) is 3.90. The molecule has 0 unspecified atom stereocenters. The summed E-state index contributed by atoms with van der Waals surface area (Å²) < 4.78 is 46.2. The van der Waals surface area contributed by atoms with E-state index in [9.17, 15) is 18.0 Å². The standard InChI is InChI=1S/C17H14F3NO3/c1-11-16(22)21(10-12-4-2-3-5-15(12)23-11)13-6-8-14(9-7-13)24-17(18,19)20/h2-9,11H,10H2,1H3/t11-/m0/s1. The Morgan fingerprint density at radius 3 is 2.46 bits per heavy atom. The van der Waals surface area contributed by atoms with E-state index in [-0.39, 0.29) is 18.2 Å². The van der Waals surface area contributed by atoms with Crippen molar-refractivity contribution in [2.45, 2.75) is 25.9 Å². The minimum absolute atomic E-state index is 0.268. The monoisotopic (exact) mass is 337 g/mol. The second-order valence-corrected chi connectivity index (χ2v) is 5.33. The van der Waals surface area contributed by atoms with E-state index in [4.69, 9.17) is 4.74 Å². The molecule has 0 saturated heterocycles. The highest BCUT2D eigenvalue weighted by Crippen LogP contribution is 2.30. The van der Waals surface area contributed by atoms with Crippen LogP contribution in [-0.2, 0) is 11.3 Å². The largest absolute Gasteiger partial charge is 0.573 e. The zero-order valence-corrected chi connectivity index (χ0v) is 12.7. The first-order chi connectivity index (χ1) is 11.3. The number of fused-ring (bicyclic) bond motifs is 1. The molecule has 126 valence electrons. The van der Waals surface area contributed by atoms with E-state index in [2.05, 4.69) is 4.74 Å². The third-order valence-electron chi connectivity index (χ3n) is 3.60. The second-order valence-electron chi connectivity index (χ2n) is 5.33. The minimum Gasteiger partial charge on any atom is -0.481 e. The molecule has 7 heteroatoms. The molecule has 1 aliphatic rings. The Bertz CT molecular complexity index is 743. The van der Waals surface area contributed by atoms with E-state index in [0.717, 1.165) is 5.56 Å². The molecule has 3 rings (SSSR count). The summed E-state index contributed by atoms with van der Waals surface area (Å²) in [6, 6.07) is 12.5. The summed E-state index contributed by atoms with van der Waals surface area (Å²) in [5.74, 6) is 0.0202. The lowest BCUT2D eigenvalue weighted by molar-refractivity contribution is -0.274. The number of amides is 1. The fourth-order valence-corrected chi connectivity index (χ4v) is 2.50. The summed E-state index contributed by atoms with van der Waals surface area (Å²) in [6.07, 6.45) is -5.44. The van der Waals surface area contributed by atoms with E-state index in [1.165, 1.54) is 29.2 Å². The molecule has 4 nitrogen and oxygen atoms in total. The van der Waals surface area contributed by atoms with Crippen LogP contribution in [0.15, 0.2) is 48.5 Å². The Hall–Kier alpha value is -2.70. The van der Waals surface area contributed by atoms with Crippen LogP contribution in [0.2, 0.25) is 0 Å². The normalized spacial score (nSPS) is 17.8. The lowest BCUT2D eigenvalue weighted by Crippen LogP contribution is -2.37. The molecular formula is C17H14F3NO3. The number of anilines is 1. The highest BCUT2D eigenvalue weighted by molar-refractivity contribution is 5.97. The number of para-hydroxylation sites is 1. The lowest BCUT2D eigenvalue weighted by Gasteiger charge is -2.22. The van der Waals surface area contributed by atoms with Crippen molar-refractivity contribution in [2.24, 2.45) is 0 Å². The molecule has 0 aliphatic carbocycles. The van der Waals surface area contributed by atoms with Gasteiger partial charge in [-0.3, -0.25) is 4.79 Å². The number of hydrogen-bond acceptors (Lipinski definition) is 3. The van der Waals surface area contributed by atoms with E-state index in [1.54, 1.807) is 13.0 Å². The van der Waals surface area contributed by atoms with Crippen LogP contribution in [0.5, 0.6) is 11.5 Å². The number of nitrogens with zero attached hydrogens (tertiary/aromatic N) is 1. The maximum absolute atomic E-state index is 12.5. The molecule has 0 bridgehead atoms. The van der Waals surface area contributed by atoms with Gasteiger partial charge in [0.1, 0.15) is 11.5 Å². The number of rotatable bonds is 2. The van der Waals surface area contributed by atoms with E-state index < -0.39 is 12.5 Å². The highest BCUT2D eigenvalue weighted by atomic mass is 19.4. The molecule has 0 saturated carbocycles. The lowest BCUT2D eigenvalue weighted by atomic mass is 10.1. The fourth-order valence-electron chi connectivity index (χ4n) is 2.50. The van der Waals surface area contributed by atoms with Crippen LogP contribution in [0, 0.1) is 0 Å². The number of ether oxygens (including phenoxy) is 2. The summed E-state index contributed by atoms with van der Waals surface area (Å²) in [7, 11) is 0. The molecule has 2 aromatic carbocycles. The van der Waals surface area contributed by atoms with Gasteiger partial charge in [-0.05, 0) is 37.3 Å². The van der Waals surface area contributed by atoms with Gasteiger partial charge in [-0.15, -0.1) is 13.2 Å². The average molecular weight is 337 g/mol. The summed E-state index contributed by atoms with van der Waals surface area (Å²) in [5.41, 5.74) is 1.30. The van der Waals surface area contributed by atoms with Crippen molar-refractivity contribution in [2.75, 3.05) is 4.90 Å². The topological polar surface area (TPSA) is 38.8 Å². The first-order valence-electron chi connectivity index (χ1n) is 7.25. The van der Waals surface area contributed by atoms with Gasteiger partial charge in [0.05, 0.1) is 6.54 Å². The number of alkyl halides is 3.